The van der Waals surface area contributed by atoms with Gasteiger partial charge in [0.15, 0.2) is 17.6 Å². The van der Waals surface area contributed by atoms with E-state index in [1.165, 1.54) is 11.8 Å². The molecular weight excluding hydrogens is 450 g/mol. The lowest BCUT2D eigenvalue weighted by atomic mass is 10.1. The summed E-state index contributed by atoms with van der Waals surface area (Å²) in [7, 11) is 1.82. The number of ether oxygens (including phenoxy) is 1. The number of nitrogens with zero attached hydrogens (tertiary/aromatic N) is 4. The van der Waals surface area contributed by atoms with Crippen LogP contribution in [-0.2, 0) is 16.6 Å². The highest BCUT2D eigenvalue weighted by Crippen LogP contribution is 2.37. The summed E-state index contributed by atoms with van der Waals surface area (Å²) in [5.74, 6) is 1.11. The summed E-state index contributed by atoms with van der Waals surface area (Å²) in [6, 6.07) is 12.4. The van der Waals surface area contributed by atoms with Crippen LogP contribution in [0.1, 0.15) is 24.4 Å². The molecule has 0 spiro atoms. The van der Waals surface area contributed by atoms with E-state index in [2.05, 4.69) is 15.5 Å². The Balaban J connectivity index is 1.46. The first-order chi connectivity index (χ1) is 15.4. The average Bonchev–Trinajstić information content (AvgIpc) is 3.15. The van der Waals surface area contributed by atoms with Crippen LogP contribution in [0.2, 0.25) is 5.02 Å². The molecule has 1 unspecified atom stereocenters. The molecule has 1 atom stereocenters. The van der Waals surface area contributed by atoms with Gasteiger partial charge in [0.2, 0.25) is 5.91 Å². The van der Waals surface area contributed by atoms with Gasteiger partial charge in [0.05, 0.1) is 17.5 Å². The maximum Gasteiger partial charge on any atom is 0.265 e. The second-order valence-corrected chi connectivity index (χ2v) is 8.69. The number of halogens is 1. The van der Waals surface area contributed by atoms with Crippen molar-refractivity contribution in [3.8, 4) is 5.75 Å². The predicted molar refractivity (Wildman–Crippen MR) is 124 cm³/mol. The molecule has 2 amide bonds. The van der Waals surface area contributed by atoms with Crippen molar-refractivity contribution in [3.63, 3.8) is 0 Å². The first-order valence-corrected chi connectivity index (χ1v) is 11.3. The summed E-state index contributed by atoms with van der Waals surface area (Å²) in [6.45, 7) is 3.73. The summed E-state index contributed by atoms with van der Waals surface area (Å²) in [5, 5.41) is 12.6. The van der Waals surface area contributed by atoms with E-state index in [9.17, 15) is 9.59 Å². The van der Waals surface area contributed by atoms with Crippen LogP contribution in [0.15, 0.2) is 47.6 Å². The lowest BCUT2D eigenvalue weighted by Crippen LogP contribution is -2.41. The van der Waals surface area contributed by atoms with Crippen molar-refractivity contribution in [2.75, 3.05) is 22.6 Å². The molecule has 2 aromatic carbocycles. The van der Waals surface area contributed by atoms with Crippen LogP contribution in [0.5, 0.6) is 5.75 Å². The van der Waals surface area contributed by atoms with Gasteiger partial charge in [0.1, 0.15) is 5.75 Å². The van der Waals surface area contributed by atoms with Crippen LogP contribution >= 0.6 is 23.4 Å². The van der Waals surface area contributed by atoms with Gasteiger partial charge in [-0.1, -0.05) is 41.6 Å². The third kappa shape index (κ3) is 4.31. The highest BCUT2D eigenvalue weighted by atomic mass is 35.5. The molecule has 166 valence electrons. The summed E-state index contributed by atoms with van der Waals surface area (Å²) in [4.78, 5) is 26.7. The number of carbonyl (C=O) groups excluding carboxylic acids is 2. The Morgan fingerprint density at radius 1 is 1.25 bits per heavy atom. The van der Waals surface area contributed by atoms with Crippen LogP contribution in [0.4, 0.5) is 11.4 Å². The quantitative estimate of drug-likeness (QED) is 0.547. The van der Waals surface area contributed by atoms with Crippen LogP contribution in [0.3, 0.4) is 0 Å². The van der Waals surface area contributed by atoms with Crippen molar-refractivity contribution in [1.82, 2.24) is 14.8 Å². The Hall–Kier alpha value is -3.04. The molecule has 4 rings (SSSR count). The Bertz CT molecular complexity index is 1180. The number of rotatable bonds is 6. The summed E-state index contributed by atoms with van der Waals surface area (Å²) >= 11 is 7.39. The number of hydrogen-bond donors (Lipinski definition) is 1. The topological polar surface area (TPSA) is 89.3 Å². The van der Waals surface area contributed by atoms with E-state index in [4.69, 9.17) is 16.3 Å². The van der Waals surface area contributed by atoms with E-state index in [1.807, 2.05) is 51.2 Å². The summed E-state index contributed by atoms with van der Waals surface area (Å²) < 4.78 is 7.33. The maximum atomic E-state index is 12.6. The fraction of sp³-hybridized carbons (Fsp3) is 0.273. The van der Waals surface area contributed by atoms with Crippen molar-refractivity contribution < 1.29 is 14.3 Å². The highest BCUT2D eigenvalue weighted by Gasteiger charge is 2.32. The number of para-hydroxylation sites is 2. The zero-order valence-electron chi connectivity index (χ0n) is 17.8. The number of amides is 2. The van der Waals surface area contributed by atoms with E-state index in [-0.39, 0.29) is 30.2 Å². The van der Waals surface area contributed by atoms with Gasteiger partial charge in [-0.25, -0.2) is 0 Å². The Kier molecular flexibility index (Phi) is 6.38. The van der Waals surface area contributed by atoms with Crippen LogP contribution < -0.4 is 15.0 Å². The second kappa shape index (κ2) is 9.22. The number of thioether (sulfide) groups is 1. The normalized spacial score (nSPS) is 14.0. The Labute approximate surface area is 194 Å². The van der Waals surface area contributed by atoms with Crippen molar-refractivity contribution >= 4 is 46.6 Å². The molecule has 0 radical (unpaired) electrons. The molecule has 1 aliphatic rings. The van der Waals surface area contributed by atoms with Crippen molar-refractivity contribution in [2.45, 2.75) is 25.0 Å². The molecular formula is C22H22ClN5O3S. The Morgan fingerprint density at radius 3 is 2.84 bits per heavy atom. The molecule has 10 heteroatoms. The minimum atomic E-state index is -0.359. The molecule has 32 heavy (non-hydrogen) atoms. The minimum Gasteiger partial charge on any atom is -0.482 e. The number of aromatic nitrogens is 3. The maximum absolute atomic E-state index is 12.6. The Morgan fingerprint density at radius 2 is 2.03 bits per heavy atom. The fourth-order valence-corrected chi connectivity index (χ4v) is 4.43. The largest absolute Gasteiger partial charge is 0.482 e. The van der Waals surface area contributed by atoms with Crippen molar-refractivity contribution in [2.24, 2.45) is 7.05 Å². The number of carbonyl (C=O) groups is 2. The van der Waals surface area contributed by atoms with E-state index >= 15 is 0 Å². The van der Waals surface area contributed by atoms with Gasteiger partial charge in [-0.3, -0.25) is 14.5 Å². The number of anilines is 2. The fourth-order valence-electron chi connectivity index (χ4n) is 3.54. The monoisotopic (exact) mass is 471 g/mol. The van der Waals surface area contributed by atoms with Crippen LogP contribution in [0.25, 0.3) is 0 Å². The average molecular weight is 472 g/mol. The number of hydrogen-bond acceptors (Lipinski definition) is 6. The smallest absolute Gasteiger partial charge is 0.265 e. The lowest BCUT2D eigenvalue weighted by Gasteiger charge is -2.33. The molecule has 0 aliphatic carbocycles. The zero-order valence-corrected chi connectivity index (χ0v) is 19.4. The molecule has 1 aromatic heterocycles. The number of fused-ring (bicyclic) bond motifs is 1. The van der Waals surface area contributed by atoms with E-state index in [0.717, 1.165) is 5.56 Å². The molecule has 3 aromatic rings. The van der Waals surface area contributed by atoms with Crippen molar-refractivity contribution in [3.05, 3.63) is 58.9 Å². The molecule has 2 heterocycles. The van der Waals surface area contributed by atoms with Crippen LogP contribution in [-0.4, -0.2) is 38.9 Å². The third-order valence-electron chi connectivity index (χ3n) is 5.25. The van der Waals surface area contributed by atoms with Gasteiger partial charge < -0.3 is 14.6 Å². The van der Waals surface area contributed by atoms with Crippen molar-refractivity contribution in [1.29, 1.82) is 0 Å². The molecule has 0 saturated heterocycles. The molecule has 0 saturated carbocycles. The molecule has 8 nitrogen and oxygen atoms in total. The van der Waals surface area contributed by atoms with Gasteiger partial charge in [-0.05, 0) is 43.7 Å². The zero-order chi connectivity index (χ0) is 22.8. The molecule has 0 bridgehead atoms. The second-order valence-electron chi connectivity index (χ2n) is 7.35. The lowest BCUT2D eigenvalue weighted by molar-refractivity contribution is -0.121. The van der Waals surface area contributed by atoms with Gasteiger partial charge in [0, 0.05) is 17.8 Å². The third-order valence-corrected chi connectivity index (χ3v) is 6.68. The first-order valence-electron chi connectivity index (χ1n) is 9.97. The molecule has 0 fully saturated rings. The number of benzene rings is 2. The summed E-state index contributed by atoms with van der Waals surface area (Å²) in [6.07, 6.45) is 0. The van der Waals surface area contributed by atoms with Gasteiger partial charge >= 0.3 is 0 Å². The van der Waals surface area contributed by atoms with Crippen LogP contribution in [0, 0.1) is 6.92 Å². The summed E-state index contributed by atoms with van der Waals surface area (Å²) in [5.41, 5.74) is 2.20. The molecule has 1 aliphatic heterocycles. The van der Waals surface area contributed by atoms with E-state index in [0.29, 0.717) is 33.1 Å². The predicted octanol–water partition coefficient (Wildman–Crippen LogP) is 3.99. The minimum absolute atomic E-state index is 0.0239. The standard InChI is InChI=1S/C22H22ClN5O3S/c1-13-15(23)7-6-8-16(13)24-19(29)12-32-22-26-25-21(27(22)3)14(2)28-17-9-4-5-10-18(17)31-11-20(28)30/h4-10,14H,11-12H2,1-3H3,(H,24,29). The van der Waals surface area contributed by atoms with E-state index < -0.39 is 0 Å². The van der Waals surface area contributed by atoms with Gasteiger partial charge in [-0.2, -0.15) is 0 Å². The number of nitrogens with one attached hydrogen (secondary N) is 1. The van der Waals surface area contributed by atoms with Gasteiger partial charge in [0.25, 0.3) is 5.91 Å². The highest BCUT2D eigenvalue weighted by molar-refractivity contribution is 7.99. The van der Waals surface area contributed by atoms with Gasteiger partial charge in [-0.15, -0.1) is 10.2 Å². The molecule has 1 N–H and O–H groups in total. The SMILES string of the molecule is Cc1c(Cl)cccc1NC(=O)CSc1nnc(C(C)N2C(=O)COc3ccccc32)n1C. The first kappa shape index (κ1) is 22.2. The van der Waals surface area contributed by atoms with E-state index in [1.54, 1.807) is 21.6 Å².